The van der Waals surface area contributed by atoms with Crippen molar-refractivity contribution in [1.82, 2.24) is 0 Å². The number of rotatable bonds is 4. The van der Waals surface area contributed by atoms with E-state index in [2.05, 4.69) is 0 Å². The topological polar surface area (TPSA) is 74.6 Å². The SMILES string of the molecule is O=C(O)C=Cc1csc(CC(=O)O)c1. The number of carboxylic acids is 2. The second-order valence-electron chi connectivity index (χ2n) is 2.59. The summed E-state index contributed by atoms with van der Waals surface area (Å²) in [6.07, 6.45) is 2.43. The van der Waals surface area contributed by atoms with Crippen molar-refractivity contribution >= 4 is 29.4 Å². The van der Waals surface area contributed by atoms with E-state index in [1.54, 1.807) is 11.4 Å². The van der Waals surface area contributed by atoms with E-state index in [-0.39, 0.29) is 6.42 Å². The molecule has 14 heavy (non-hydrogen) atoms. The van der Waals surface area contributed by atoms with E-state index in [1.807, 2.05) is 0 Å². The quantitative estimate of drug-likeness (QED) is 0.741. The van der Waals surface area contributed by atoms with E-state index in [4.69, 9.17) is 10.2 Å². The summed E-state index contributed by atoms with van der Waals surface area (Å²) in [4.78, 5) is 21.2. The van der Waals surface area contributed by atoms with Crippen molar-refractivity contribution in [1.29, 1.82) is 0 Å². The minimum absolute atomic E-state index is 0.0222. The van der Waals surface area contributed by atoms with Crippen molar-refractivity contribution in [2.24, 2.45) is 0 Å². The van der Waals surface area contributed by atoms with Crippen molar-refractivity contribution in [3.05, 3.63) is 28.0 Å². The molecule has 0 aliphatic heterocycles. The van der Waals surface area contributed by atoms with Crippen LogP contribution in [0.2, 0.25) is 0 Å². The van der Waals surface area contributed by atoms with Gasteiger partial charge in [-0.1, -0.05) is 0 Å². The summed E-state index contributed by atoms with van der Waals surface area (Å²) in [6.45, 7) is 0. The van der Waals surface area contributed by atoms with Crippen LogP contribution in [0.3, 0.4) is 0 Å². The van der Waals surface area contributed by atoms with Gasteiger partial charge in [0.2, 0.25) is 0 Å². The first kappa shape index (κ1) is 10.5. The molecule has 0 unspecified atom stereocenters. The zero-order chi connectivity index (χ0) is 10.6. The second-order valence-corrected chi connectivity index (χ2v) is 3.58. The van der Waals surface area contributed by atoms with Crippen LogP contribution in [-0.2, 0) is 16.0 Å². The van der Waals surface area contributed by atoms with Crippen LogP contribution >= 0.6 is 11.3 Å². The highest BCUT2D eigenvalue weighted by molar-refractivity contribution is 7.10. The van der Waals surface area contributed by atoms with Crippen LogP contribution in [0.15, 0.2) is 17.5 Å². The molecule has 0 radical (unpaired) electrons. The maximum Gasteiger partial charge on any atom is 0.328 e. The zero-order valence-electron chi connectivity index (χ0n) is 7.14. The molecule has 0 saturated heterocycles. The molecule has 4 nitrogen and oxygen atoms in total. The van der Waals surface area contributed by atoms with Crippen molar-refractivity contribution in [3.8, 4) is 0 Å². The van der Waals surface area contributed by atoms with Crippen LogP contribution in [0.25, 0.3) is 6.08 Å². The highest BCUT2D eigenvalue weighted by Crippen LogP contribution is 2.16. The molecule has 0 saturated carbocycles. The summed E-state index contributed by atoms with van der Waals surface area (Å²) < 4.78 is 0. The number of hydrogen-bond acceptors (Lipinski definition) is 3. The van der Waals surface area contributed by atoms with Gasteiger partial charge < -0.3 is 10.2 Å². The second kappa shape index (κ2) is 4.57. The van der Waals surface area contributed by atoms with Gasteiger partial charge in [-0.2, -0.15) is 0 Å². The Hall–Kier alpha value is -1.62. The lowest BCUT2D eigenvalue weighted by Crippen LogP contribution is -1.97. The molecule has 5 heteroatoms. The predicted octanol–water partition coefficient (Wildman–Crippen LogP) is 1.47. The first-order valence-corrected chi connectivity index (χ1v) is 4.66. The number of hydrogen-bond donors (Lipinski definition) is 2. The van der Waals surface area contributed by atoms with Crippen molar-refractivity contribution in [2.75, 3.05) is 0 Å². The highest BCUT2D eigenvalue weighted by atomic mass is 32.1. The first-order valence-electron chi connectivity index (χ1n) is 3.78. The third-order valence-corrected chi connectivity index (χ3v) is 2.37. The summed E-state index contributed by atoms with van der Waals surface area (Å²) in [5, 5.41) is 18.6. The van der Waals surface area contributed by atoms with Gasteiger partial charge in [0.1, 0.15) is 0 Å². The van der Waals surface area contributed by atoms with Gasteiger partial charge in [0.15, 0.2) is 0 Å². The fourth-order valence-electron chi connectivity index (χ4n) is 0.894. The standard InChI is InChI=1S/C9H8O4S/c10-8(11)2-1-6-3-7(14-5-6)4-9(12)13/h1-3,5H,4H2,(H,10,11)(H,12,13). The Bertz CT molecular complexity index is 378. The minimum atomic E-state index is -1.02. The molecule has 1 heterocycles. The van der Waals surface area contributed by atoms with Gasteiger partial charge in [-0.15, -0.1) is 11.3 Å². The molecule has 0 atom stereocenters. The van der Waals surface area contributed by atoms with Crippen molar-refractivity contribution in [3.63, 3.8) is 0 Å². The lowest BCUT2D eigenvalue weighted by atomic mass is 10.2. The normalized spacial score (nSPS) is 10.6. The smallest absolute Gasteiger partial charge is 0.328 e. The number of carbonyl (C=O) groups is 2. The maximum atomic E-state index is 10.3. The first-order chi connectivity index (χ1) is 6.58. The fourth-order valence-corrected chi connectivity index (χ4v) is 1.74. The minimum Gasteiger partial charge on any atom is -0.481 e. The van der Waals surface area contributed by atoms with Gasteiger partial charge in [-0.05, 0) is 23.1 Å². The number of carboxylic acid groups (broad SMARTS) is 2. The molecular weight excluding hydrogens is 204 g/mol. The van der Waals surface area contributed by atoms with Gasteiger partial charge in [0.05, 0.1) is 6.42 Å². The lowest BCUT2D eigenvalue weighted by molar-refractivity contribution is -0.136. The summed E-state index contributed by atoms with van der Waals surface area (Å²) in [5.74, 6) is -1.91. The molecule has 1 rings (SSSR count). The molecule has 0 aromatic carbocycles. The average molecular weight is 212 g/mol. The third-order valence-electron chi connectivity index (χ3n) is 1.42. The van der Waals surface area contributed by atoms with Gasteiger partial charge in [-0.3, -0.25) is 4.79 Å². The van der Waals surface area contributed by atoms with E-state index in [0.29, 0.717) is 10.4 Å². The molecule has 0 aliphatic rings. The Morgan fingerprint density at radius 2 is 2.14 bits per heavy atom. The third kappa shape index (κ3) is 3.40. The van der Waals surface area contributed by atoms with Crippen LogP contribution in [0, 0.1) is 0 Å². The molecule has 2 N–H and O–H groups in total. The molecule has 0 spiro atoms. The largest absolute Gasteiger partial charge is 0.481 e. The molecular formula is C9H8O4S. The predicted molar refractivity (Wildman–Crippen MR) is 52.3 cm³/mol. The highest BCUT2D eigenvalue weighted by Gasteiger charge is 2.02. The van der Waals surface area contributed by atoms with E-state index in [9.17, 15) is 9.59 Å². The molecule has 0 bridgehead atoms. The Kier molecular flexibility index (Phi) is 3.41. The van der Waals surface area contributed by atoms with Crippen LogP contribution in [0.4, 0.5) is 0 Å². The molecule has 0 aliphatic carbocycles. The van der Waals surface area contributed by atoms with Crippen LogP contribution in [0.1, 0.15) is 10.4 Å². The molecule has 74 valence electrons. The van der Waals surface area contributed by atoms with Gasteiger partial charge in [-0.25, -0.2) is 4.79 Å². The summed E-state index contributed by atoms with van der Waals surface area (Å²) in [7, 11) is 0. The van der Waals surface area contributed by atoms with Crippen LogP contribution in [0.5, 0.6) is 0 Å². The zero-order valence-corrected chi connectivity index (χ0v) is 7.95. The monoisotopic (exact) mass is 212 g/mol. The summed E-state index contributed by atoms with van der Waals surface area (Å²) >= 11 is 1.30. The van der Waals surface area contributed by atoms with E-state index >= 15 is 0 Å². The number of aliphatic carboxylic acids is 2. The maximum absolute atomic E-state index is 10.3. The van der Waals surface area contributed by atoms with E-state index in [1.165, 1.54) is 17.4 Å². The van der Waals surface area contributed by atoms with Gasteiger partial charge >= 0.3 is 11.9 Å². The summed E-state index contributed by atoms with van der Waals surface area (Å²) in [6, 6.07) is 1.66. The Morgan fingerprint density at radius 1 is 1.43 bits per heavy atom. The Morgan fingerprint density at radius 3 is 2.71 bits per heavy atom. The average Bonchev–Trinajstić information content (AvgIpc) is 2.47. The van der Waals surface area contributed by atoms with E-state index < -0.39 is 11.9 Å². The van der Waals surface area contributed by atoms with Gasteiger partial charge in [0, 0.05) is 11.0 Å². The van der Waals surface area contributed by atoms with E-state index in [0.717, 1.165) is 6.08 Å². The van der Waals surface area contributed by atoms with Crippen LogP contribution in [-0.4, -0.2) is 22.2 Å². The number of thiophene rings is 1. The molecule has 0 fully saturated rings. The van der Waals surface area contributed by atoms with Crippen molar-refractivity contribution in [2.45, 2.75) is 6.42 Å². The molecule has 1 aromatic rings. The molecule has 1 aromatic heterocycles. The van der Waals surface area contributed by atoms with Crippen molar-refractivity contribution < 1.29 is 19.8 Å². The fraction of sp³-hybridized carbons (Fsp3) is 0.111. The summed E-state index contributed by atoms with van der Waals surface area (Å²) in [5.41, 5.74) is 0.716. The lowest BCUT2D eigenvalue weighted by Gasteiger charge is -1.86. The Labute approximate surface area is 84.1 Å². The van der Waals surface area contributed by atoms with Gasteiger partial charge in [0.25, 0.3) is 0 Å². The van der Waals surface area contributed by atoms with Crippen LogP contribution < -0.4 is 0 Å². The Balaban J connectivity index is 2.68. The molecule has 0 amide bonds.